The van der Waals surface area contributed by atoms with Crippen LogP contribution in [0.2, 0.25) is 0 Å². The molecular formula is C19H20FN3O3S. The maximum Gasteiger partial charge on any atom is 0.284 e. The van der Waals surface area contributed by atoms with Gasteiger partial charge in [-0.05, 0) is 42.2 Å². The summed E-state index contributed by atoms with van der Waals surface area (Å²) in [6.45, 7) is 1.38. The predicted octanol–water partition coefficient (Wildman–Crippen LogP) is 2.04. The summed E-state index contributed by atoms with van der Waals surface area (Å²) in [6, 6.07) is 8.52. The molecule has 1 aliphatic carbocycles. The summed E-state index contributed by atoms with van der Waals surface area (Å²) in [5.41, 5.74) is 3.71. The predicted molar refractivity (Wildman–Crippen MR) is 98.2 cm³/mol. The lowest BCUT2D eigenvalue weighted by Crippen LogP contribution is -2.41. The number of carbonyl (C=O) groups is 2. The summed E-state index contributed by atoms with van der Waals surface area (Å²) in [6.07, 6.45) is 1.67. The van der Waals surface area contributed by atoms with Gasteiger partial charge in [0, 0.05) is 29.9 Å². The van der Waals surface area contributed by atoms with Gasteiger partial charge in [0.1, 0.15) is 5.82 Å². The Hall–Kier alpha value is -2.29. The minimum absolute atomic E-state index is 0.0322. The van der Waals surface area contributed by atoms with Crippen molar-refractivity contribution in [3.63, 3.8) is 0 Å². The van der Waals surface area contributed by atoms with Crippen LogP contribution in [-0.4, -0.2) is 41.1 Å². The molecule has 2 atom stereocenters. The molecule has 1 fully saturated rings. The van der Waals surface area contributed by atoms with E-state index < -0.39 is 5.91 Å². The van der Waals surface area contributed by atoms with Gasteiger partial charge >= 0.3 is 0 Å². The average Bonchev–Trinajstić information content (AvgIpc) is 3.33. The smallest absolute Gasteiger partial charge is 0.284 e. The van der Waals surface area contributed by atoms with E-state index in [0.29, 0.717) is 30.3 Å². The summed E-state index contributed by atoms with van der Waals surface area (Å²) >= 11 is 1.36. The van der Waals surface area contributed by atoms with E-state index >= 15 is 0 Å². The molecule has 1 aromatic carbocycles. The molecule has 1 saturated carbocycles. The fourth-order valence-electron chi connectivity index (χ4n) is 3.54. The van der Waals surface area contributed by atoms with Crippen molar-refractivity contribution in [1.29, 1.82) is 0 Å². The van der Waals surface area contributed by atoms with Gasteiger partial charge in [0.25, 0.3) is 5.91 Å². The standard InChI is InChI=1S/C19H20FN3O3S/c20-13-3-1-11(2-4-13)14-8-15(14)21-9-18(24)23-6-5-16-12(10-23)7-17(27-16)19(25)22-26/h1-4,7,14-15,21,26H,5-6,8-10H2,(H,22,25). The molecule has 0 radical (unpaired) electrons. The van der Waals surface area contributed by atoms with Crippen molar-refractivity contribution in [3.05, 3.63) is 57.0 Å². The minimum atomic E-state index is -0.519. The van der Waals surface area contributed by atoms with Crippen LogP contribution in [0.5, 0.6) is 0 Å². The van der Waals surface area contributed by atoms with Crippen molar-refractivity contribution in [2.24, 2.45) is 0 Å². The number of nitrogens with one attached hydrogen (secondary N) is 2. The lowest BCUT2D eigenvalue weighted by Gasteiger charge is -2.27. The van der Waals surface area contributed by atoms with Crippen molar-refractivity contribution < 1.29 is 19.2 Å². The van der Waals surface area contributed by atoms with Crippen LogP contribution in [0.1, 0.15) is 38.0 Å². The molecule has 1 aliphatic heterocycles. The Labute approximate surface area is 159 Å². The summed E-state index contributed by atoms with van der Waals surface area (Å²) in [4.78, 5) is 27.4. The molecule has 27 heavy (non-hydrogen) atoms. The molecule has 0 spiro atoms. The Morgan fingerprint density at radius 2 is 2.07 bits per heavy atom. The number of benzene rings is 1. The number of rotatable bonds is 5. The van der Waals surface area contributed by atoms with Crippen LogP contribution in [0.4, 0.5) is 4.39 Å². The number of hydroxylamine groups is 1. The highest BCUT2D eigenvalue weighted by molar-refractivity contribution is 7.14. The second kappa shape index (κ2) is 7.38. The second-order valence-electron chi connectivity index (χ2n) is 6.95. The fraction of sp³-hybridized carbons (Fsp3) is 0.368. The highest BCUT2D eigenvalue weighted by Crippen LogP contribution is 2.40. The van der Waals surface area contributed by atoms with Gasteiger partial charge in [-0.2, -0.15) is 0 Å². The molecule has 142 valence electrons. The van der Waals surface area contributed by atoms with Crippen molar-refractivity contribution in [2.75, 3.05) is 13.1 Å². The van der Waals surface area contributed by atoms with E-state index in [-0.39, 0.29) is 24.3 Å². The third-order valence-corrected chi connectivity index (χ3v) is 6.38. The van der Waals surface area contributed by atoms with Crippen molar-refractivity contribution >= 4 is 23.2 Å². The van der Waals surface area contributed by atoms with Crippen LogP contribution in [0.15, 0.2) is 30.3 Å². The van der Waals surface area contributed by atoms with Gasteiger partial charge in [-0.3, -0.25) is 14.8 Å². The Bertz CT molecular complexity index is 868. The first-order chi connectivity index (χ1) is 13.0. The van der Waals surface area contributed by atoms with Crippen LogP contribution in [0.25, 0.3) is 0 Å². The summed E-state index contributed by atoms with van der Waals surface area (Å²) in [5.74, 6) is -0.390. The molecule has 2 heterocycles. The van der Waals surface area contributed by atoms with Gasteiger partial charge in [-0.25, -0.2) is 9.87 Å². The zero-order valence-electron chi connectivity index (χ0n) is 14.6. The Kier molecular flexibility index (Phi) is 4.94. The number of hydrogen-bond donors (Lipinski definition) is 3. The fourth-order valence-corrected chi connectivity index (χ4v) is 4.60. The second-order valence-corrected chi connectivity index (χ2v) is 8.08. The Balaban J connectivity index is 1.29. The minimum Gasteiger partial charge on any atom is -0.337 e. The first kappa shape index (κ1) is 18.1. The molecule has 0 bridgehead atoms. The van der Waals surface area contributed by atoms with Crippen molar-refractivity contribution in [1.82, 2.24) is 15.7 Å². The number of thiophene rings is 1. The van der Waals surface area contributed by atoms with E-state index in [1.807, 2.05) is 0 Å². The molecule has 2 aromatic rings. The maximum atomic E-state index is 13.0. The molecule has 2 unspecified atom stereocenters. The highest BCUT2D eigenvalue weighted by Gasteiger charge is 2.38. The highest BCUT2D eigenvalue weighted by atomic mass is 32.1. The number of nitrogens with zero attached hydrogens (tertiary/aromatic N) is 1. The van der Waals surface area contributed by atoms with Gasteiger partial charge < -0.3 is 10.2 Å². The lowest BCUT2D eigenvalue weighted by atomic mass is 10.1. The number of fused-ring (bicyclic) bond motifs is 1. The molecule has 8 heteroatoms. The van der Waals surface area contributed by atoms with E-state index in [2.05, 4.69) is 5.32 Å². The van der Waals surface area contributed by atoms with E-state index in [4.69, 9.17) is 5.21 Å². The summed E-state index contributed by atoms with van der Waals surface area (Å²) in [7, 11) is 0. The maximum absolute atomic E-state index is 13.0. The zero-order valence-corrected chi connectivity index (χ0v) is 15.4. The van der Waals surface area contributed by atoms with Crippen LogP contribution in [0, 0.1) is 5.82 Å². The normalized spacial score (nSPS) is 20.9. The zero-order chi connectivity index (χ0) is 19.0. The number of halogens is 1. The van der Waals surface area contributed by atoms with Gasteiger partial charge in [0.05, 0.1) is 11.4 Å². The topological polar surface area (TPSA) is 81.7 Å². The number of amides is 2. The third kappa shape index (κ3) is 3.87. The molecule has 1 aromatic heterocycles. The van der Waals surface area contributed by atoms with E-state index in [1.165, 1.54) is 23.5 Å². The largest absolute Gasteiger partial charge is 0.337 e. The summed E-state index contributed by atoms with van der Waals surface area (Å²) < 4.78 is 13.0. The Morgan fingerprint density at radius 1 is 1.30 bits per heavy atom. The van der Waals surface area contributed by atoms with Gasteiger partial charge in [-0.15, -0.1) is 11.3 Å². The number of hydrogen-bond acceptors (Lipinski definition) is 5. The van der Waals surface area contributed by atoms with E-state index in [0.717, 1.165) is 22.4 Å². The van der Waals surface area contributed by atoms with Crippen LogP contribution in [0.3, 0.4) is 0 Å². The van der Waals surface area contributed by atoms with Crippen LogP contribution < -0.4 is 10.8 Å². The third-order valence-electron chi connectivity index (χ3n) is 5.15. The first-order valence-corrected chi connectivity index (χ1v) is 9.69. The molecule has 2 amide bonds. The molecule has 3 N–H and O–H groups in total. The number of carbonyl (C=O) groups excluding carboxylic acids is 2. The van der Waals surface area contributed by atoms with Gasteiger partial charge in [0.15, 0.2) is 0 Å². The van der Waals surface area contributed by atoms with E-state index in [9.17, 15) is 14.0 Å². The quantitative estimate of drug-likeness (QED) is 0.540. The molecular weight excluding hydrogens is 369 g/mol. The average molecular weight is 389 g/mol. The van der Waals surface area contributed by atoms with Crippen molar-refractivity contribution in [2.45, 2.75) is 31.3 Å². The van der Waals surface area contributed by atoms with Crippen LogP contribution >= 0.6 is 11.3 Å². The molecule has 4 rings (SSSR count). The lowest BCUT2D eigenvalue weighted by molar-refractivity contribution is -0.131. The SMILES string of the molecule is O=C(NO)c1cc2c(s1)CCN(C(=O)CNC1CC1c1ccc(F)cc1)C2. The van der Waals surface area contributed by atoms with Crippen molar-refractivity contribution in [3.8, 4) is 0 Å². The van der Waals surface area contributed by atoms with Gasteiger partial charge in [0.2, 0.25) is 5.91 Å². The van der Waals surface area contributed by atoms with Gasteiger partial charge in [-0.1, -0.05) is 12.1 Å². The summed E-state index contributed by atoms with van der Waals surface area (Å²) in [5, 5.41) is 12.0. The van der Waals surface area contributed by atoms with Crippen LogP contribution in [-0.2, 0) is 17.8 Å². The molecule has 6 nitrogen and oxygen atoms in total. The monoisotopic (exact) mass is 389 g/mol. The Morgan fingerprint density at radius 3 is 2.81 bits per heavy atom. The molecule has 2 aliphatic rings. The molecule has 0 saturated heterocycles. The van der Waals surface area contributed by atoms with E-state index in [1.54, 1.807) is 28.6 Å². The first-order valence-electron chi connectivity index (χ1n) is 8.88.